The first kappa shape index (κ1) is 15.1. The van der Waals surface area contributed by atoms with Crippen molar-refractivity contribution in [3.05, 3.63) is 22.7 Å². The fourth-order valence-electron chi connectivity index (χ4n) is 1.73. The predicted molar refractivity (Wildman–Crippen MR) is 72.6 cm³/mol. The zero-order valence-electron chi connectivity index (χ0n) is 11.0. The first-order valence-electron chi connectivity index (χ1n) is 5.90. The summed E-state index contributed by atoms with van der Waals surface area (Å²) in [5.74, 6) is 1.28. The third kappa shape index (κ3) is 3.77. The Balaban J connectivity index is 2.89. The molecule has 0 aliphatic heterocycles. The van der Waals surface area contributed by atoms with Crippen molar-refractivity contribution in [1.29, 1.82) is 0 Å². The summed E-state index contributed by atoms with van der Waals surface area (Å²) in [6, 6.07) is 3.62. The topological polar surface area (TPSA) is 50.7 Å². The molecule has 0 aliphatic carbocycles. The Morgan fingerprint density at radius 3 is 2.56 bits per heavy atom. The summed E-state index contributed by atoms with van der Waals surface area (Å²) in [5.41, 5.74) is 0.911. The van der Waals surface area contributed by atoms with Gasteiger partial charge in [-0.25, -0.2) is 0 Å². The maximum atomic E-state index is 9.14. The van der Waals surface area contributed by atoms with Gasteiger partial charge in [-0.1, -0.05) is 18.5 Å². The molecule has 1 aromatic carbocycles. The lowest BCUT2D eigenvalue weighted by Gasteiger charge is -2.17. The Bertz CT molecular complexity index is 381. The highest BCUT2D eigenvalue weighted by Gasteiger charge is 2.13. The number of nitrogens with one attached hydrogen (secondary N) is 1. The van der Waals surface area contributed by atoms with Gasteiger partial charge in [-0.15, -0.1) is 0 Å². The van der Waals surface area contributed by atoms with Crippen LogP contribution in [0.25, 0.3) is 0 Å². The minimum Gasteiger partial charge on any atom is -0.493 e. The van der Waals surface area contributed by atoms with Gasteiger partial charge < -0.3 is 19.9 Å². The van der Waals surface area contributed by atoms with Crippen molar-refractivity contribution in [3.63, 3.8) is 0 Å². The number of aliphatic hydroxyl groups is 1. The van der Waals surface area contributed by atoms with Crippen LogP contribution in [-0.2, 0) is 6.54 Å². The van der Waals surface area contributed by atoms with E-state index >= 15 is 0 Å². The van der Waals surface area contributed by atoms with E-state index in [0.717, 1.165) is 12.0 Å². The van der Waals surface area contributed by atoms with Crippen molar-refractivity contribution in [2.75, 3.05) is 20.8 Å². The van der Waals surface area contributed by atoms with Crippen LogP contribution in [0.2, 0.25) is 5.02 Å². The number of hydrogen-bond acceptors (Lipinski definition) is 4. The number of aliphatic hydroxyl groups excluding tert-OH is 1. The summed E-state index contributed by atoms with van der Waals surface area (Å²) in [6.07, 6.45) is 0.858. The average molecular weight is 274 g/mol. The quantitative estimate of drug-likeness (QED) is 0.800. The largest absolute Gasteiger partial charge is 0.493 e. The second-order valence-corrected chi connectivity index (χ2v) is 4.41. The van der Waals surface area contributed by atoms with Crippen molar-refractivity contribution in [2.24, 2.45) is 0 Å². The molecule has 102 valence electrons. The van der Waals surface area contributed by atoms with E-state index in [1.165, 1.54) is 0 Å². The summed E-state index contributed by atoms with van der Waals surface area (Å²) in [4.78, 5) is 0. The molecule has 0 saturated carbocycles. The number of halogens is 1. The second kappa shape index (κ2) is 7.46. The zero-order valence-corrected chi connectivity index (χ0v) is 11.8. The SMILES string of the molecule is CCC(CO)NCc1cc(Cl)cc(OC)c1OC. The fourth-order valence-corrected chi connectivity index (χ4v) is 1.96. The highest BCUT2D eigenvalue weighted by Crippen LogP contribution is 2.34. The van der Waals surface area contributed by atoms with Crippen molar-refractivity contribution in [1.82, 2.24) is 5.32 Å². The van der Waals surface area contributed by atoms with Gasteiger partial charge in [0, 0.05) is 29.2 Å². The number of hydrogen-bond donors (Lipinski definition) is 2. The lowest BCUT2D eigenvalue weighted by atomic mass is 10.1. The monoisotopic (exact) mass is 273 g/mol. The van der Waals surface area contributed by atoms with E-state index in [2.05, 4.69) is 5.32 Å². The van der Waals surface area contributed by atoms with Crippen molar-refractivity contribution in [2.45, 2.75) is 25.9 Å². The molecule has 0 radical (unpaired) electrons. The highest BCUT2D eigenvalue weighted by atomic mass is 35.5. The summed E-state index contributed by atoms with van der Waals surface area (Å²) in [7, 11) is 3.17. The summed E-state index contributed by atoms with van der Waals surface area (Å²) < 4.78 is 10.6. The molecule has 18 heavy (non-hydrogen) atoms. The normalized spacial score (nSPS) is 12.3. The molecule has 0 saturated heterocycles. The minimum atomic E-state index is 0.0692. The van der Waals surface area contributed by atoms with Gasteiger partial charge in [-0.2, -0.15) is 0 Å². The third-order valence-electron chi connectivity index (χ3n) is 2.81. The van der Waals surface area contributed by atoms with Gasteiger partial charge in [-0.3, -0.25) is 0 Å². The van der Waals surface area contributed by atoms with E-state index in [0.29, 0.717) is 23.1 Å². The van der Waals surface area contributed by atoms with Crippen LogP contribution in [0.4, 0.5) is 0 Å². The first-order valence-corrected chi connectivity index (χ1v) is 6.28. The Morgan fingerprint density at radius 1 is 1.33 bits per heavy atom. The molecule has 0 amide bonds. The van der Waals surface area contributed by atoms with Crippen molar-refractivity contribution >= 4 is 11.6 Å². The Morgan fingerprint density at radius 2 is 2.06 bits per heavy atom. The molecule has 5 heteroatoms. The lowest BCUT2D eigenvalue weighted by Crippen LogP contribution is -2.31. The number of methoxy groups -OCH3 is 2. The van der Waals surface area contributed by atoms with Crippen LogP contribution in [0.1, 0.15) is 18.9 Å². The Labute approximate surface area is 113 Å². The molecule has 1 atom stereocenters. The van der Waals surface area contributed by atoms with Gasteiger partial charge in [0.1, 0.15) is 0 Å². The van der Waals surface area contributed by atoms with Gasteiger partial charge in [-0.05, 0) is 12.5 Å². The molecule has 1 unspecified atom stereocenters. The van der Waals surface area contributed by atoms with Crippen LogP contribution in [0.15, 0.2) is 12.1 Å². The fraction of sp³-hybridized carbons (Fsp3) is 0.538. The molecule has 0 bridgehead atoms. The molecule has 1 rings (SSSR count). The molecule has 0 aromatic heterocycles. The molecular formula is C13H20ClNO3. The zero-order chi connectivity index (χ0) is 13.5. The molecule has 0 fully saturated rings. The van der Waals surface area contributed by atoms with E-state index in [4.69, 9.17) is 26.2 Å². The molecule has 0 aliphatic rings. The predicted octanol–water partition coefficient (Wildman–Crippen LogP) is 2.22. The summed E-state index contributed by atoms with van der Waals surface area (Å²) >= 11 is 6.03. The molecule has 0 heterocycles. The van der Waals surface area contributed by atoms with Crippen LogP contribution in [-0.4, -0.2) is 32.0 Å². The highest BCUT2D eigenvalue weighted by molar-refractivity contribution is 6.30. The number of benzene rings is 1. The van der Waals surface area contributed by atoms with E-state index < -0.39 is 0 Å². The van der Waals surface area contributed by atoms with Gasteiger partial charge in [0.15, 0.2) is 11.5 Å². The smallest absolute Gasteiger partial charge is 0.165 e. The van der Waals surface area contributed by atoms with E-state index in [1.54, 1.807) is 20.3 Å². The average Bonchev–Trinajstić information content (AvgIpc) is 2.39. The first-order chi connectivity index (χ1) is 8.65. The van der Waals surface area contributed by atoms with E-state index in [9.17, 15) is 0 Å². The standard InChI is InChI=1S/C13H20ClNO3/c1-4-11(8-16)15-7-9-5-10(14)6-12(17-2)13(9)18-3/h5-6,11,15-16H,4,7-8H2,1-3H3. The van der Waals surface area contributed by atoms with Crippen molar-refractivity contribution in [3.8, 4) is 11.5 Å². The molecule has 2 N–H and O–H groups in total. The second-order valence-electron chi connectivity index (χ2n) is 3.97. The molecule has 1 aromatic rings. The van der Waals surface area contributed by atoms with Crippen LogP contribution in [0.3, 0.4) is 0 Å². The van der Waals surface area contributed by atoms with E-state index in [-0.39, 0.29) is 12.6 Å². The maximum absolute atomic E-state index is 9.14. The molecule has 4 nitrogen and oxygen atoms in total. The van der Waals surface area contributed by atoms with Crippen LogP contribution < -0.4 is 14.8 Å². The number of rotatable bonds is 7. The van der Waals surface area contributed by atoms with Crippen LogP contribution in [0.5, 0.6) is 11.5 Å². The summed E-state index contributed by atoms with van der Waals surface area (Å²) in [5, 5.41) is 13.0. The van der Waals surface area contributed by atoms with Gasteiger partial charge in [0.05, 0.1) is 20.8 Å². The van der Waals surface area contributed by atoms with E-state index in [1.807, 2.05) is 13.0 Å². The number of ether oxygens (including phenoxy) is 2. The summed E-state index contributed by atoms with van der Waals surface area (Å²) in [6.45, 7) is 2.69. The van der Waals surface area contributed by atoms with Crippen LogP contribution in [0, 0.1) is 0 Å². The lowest BCUT2D eigenvalue weighted by molar-refractivity contribution is 0.237. The third-order valence-corrected chi connectivity index (χ3v) is 3.03. The van der Waals surface area contributed by atoms with Gasteiger partial charge >= 0.3 is 0 Å². The Hall–Kier alpha value is -0.970. The van der Waals surface area contributed by atoms with Crippen molar-refractivity contribution < 1.29 is 14.6 Å². The van der Waals surface area contributed by atoms with Gasteiger partial charge in [0.25, 0.3) is 0 Å². The maximum Gasteiger partial charge on any atom is 0.165 e. The minimum absolute atomic E-state index is 0.0692. The van der Waals surface area contributed by atoms with Gasteiger partial charge in [0.2, 0.25) is 0 Å². The molecule has 0 spiro atoms. The molecular weight excluding hydrogens is 254 g/mol. The Kier molecular flexibility index (Phi) is 6.25. The van der Waals surface area contributed by atoms with Crippen LogP contribution >= 0.6 is 11.6 Å².